The molecule has 0 aromatic heterocycles. The lowest BCUT2D eigenvalue weighted by molar-refractivity contribution is 0.0390. The van der Waals surface area contributed by atoms with Crippen LogP contribution in [0.1, 0.15) is 84.5 Å². The van der Waals surface area contributed by atoms with Gasteiger partial charge in [0, 0.05) is 11.6 Å². The maximum Gasteiger partial charge on any atom is 0.214 e. The van der Waals surface area contributed by atoms with E-state index in [1.54, 1.807) is 0 Å². The number of nitrogens with one attached hydrogen (secondary N) is 1. The number of primary sulfonamides is 1. The Balaban J connectivity index is 1.53. The molecule has 4 nitrogen and oxygen atoms in total. The number of hydrogen-bond donors (Lipinski definition) is 2. The van der Waals surface area contributed by atoms with Crippen LogP contribution in [0.15, 0.2) is 0 Å². The summed E-state index contributed by atoms with van der Waals surface area (Å²) >= 11 is 0. The van der Waals surface area contributed by atoms with Crippen molar-refractivity contribution in [3.63, 3.8) is 0 Å². The van der Waals surface area contributed by atoms with E-state index < -0.39 is 14.8 Å². The van der Waals surface area contributed by atoms with Crippen molar-refractivity contribution in [3.8, 4) is 0 Å². The van der Waals surface area contributed by atoms with Crippen molar-refractivity contribution in [2.24, 2.45) is 28.8 Å². The van der Waals surface area contributed by atoms with Crippen LogP contribution in [0.3, 0.4) is 0 Å². The molecule has 4 aliphatic carbocycles. The molecular weight excluding hydrogens is 332 g/mol. The van der Waals surface area contributed by atoms with Crippen LogP contribution >= 0.6 is 0 Å². The van der Waals surface area contributed by atoms with Gasteiger partial charge < -0.3 is 5.32 Å². The van der Waals surface area contributed by atoms with Crippen molar-refractivity contribution in [2.75, 3.05) is 0 Å². The Morgan fingerprint density at radius 1 is 0.960 bits per heavy atom. The average molecular weight is 369 g/mol. The van der Waals surface area contributed by atoms with Gasteiger partial charge >= 0.3 is 0 Å². The fourth-order valence-electron chi connectivity index (χ4n) is 7.38. The van der Waals surface area contributed by atoms with Gasteiger partial charge in [-0.15, -0.1) is 0 Å². The van der Waals surface area contributed by atoms with Crippen LogP contribution in [0.2, 0.25) is 0 Å². The number of hydrogen-bond acceptors (Lipinski definition) is 3. The molecule has 7 unspecified atom stereocenters. The Morgan fingerprint density at radius 3 is 2.48 bits per heavy atom. The molecule has 0 heterocycles. The monoisotopic (exact) mass is 368 g/mol. The molecule has 4 saturated carbocycles. The highest BCUT2D eigenvalue weighted by Gasteiger charge is 2.53. The predicted octanol–water partition coefficient (Wildman–Crippen LogP) is 3.56. The summed E-state index contributed by atoms with van der Waals surface area (Å²) in [7, 11) is -3.46. The van der Waals surface area contributed by atoms with Gasteiger partial charge in [0.2, 0.25) is 10.0 Å². The van der Waals surface area contributed by atoms with Crippen LogP contribution in [0.4, 0.5) is 0 Å². The Bertz CT molecular complexity index is 617. The molecule has 5 heteroatoms. The highest BCUT2D eigenvalue weighted by atomic mass is 32.2. The number of fused-ring (bicyclic) bond motifs is 4. The first-order valence-electron chi connectivity index (χ1n) is 10.5. The summed E-state index contributed by atoms with van der Waals surface area (Å²) in [6.07, 6.45) is 12.6. The minimum absolute atomic E-state index is 0.327. The highest BCUT2D eigenvalue weighted by Crippen LogP contribution is 2.51. The molecule has 0 aromatic rings. The summed E-state index contributed by atoms with van der Waals surface area (Å²) < 4.78 is 24.0. The second-order valence-electron chi connectivity index (χ2n) is 10.3. The number of rotatable bonds is 3. The molecule has 0 radical (unpaired) electrons. The molecule has 4 bridgehead atoms. The van der Waals surface area contributed by atoms with Gasteiger partial charge in [0.05, 0.1) is 4.75 Å². The molecular formula is C20H36N2O2S. The van der Waals surface area contributed by atoms with Crippen LogP contribution in [0.5, 0.6) is 0 Å². The largest absolute Gasteiger partial charge is 0.308 e. The zero-order chi connectivity index (χ0) is 17.9. The molecule has 25 heavy (non-hydrogen) atoms. The van der Waals surface area contributed by atoms with Crippen LogP contribution < -0.4 is 10.5 Å². The van der Waals surface area contributed by atoms with Crippen molar-refractivity contribution >= 4 is 10.0 Å². The standard InChI is InChI=1S/C20H36N2O2S/c1-14-8-16-4-3-6-19(10-14,12-16)22-18-5-7-20(25(21,23)24)11-15(2)9-17(18)13-20/h14-18,22H,3-13H2,1-2H3,(H2,21,23,24). The lowest BCUT2D eigenvalue weighted by atomic mass is 9.61. The summed E-state index contributed by atoms with van der Waals surface area (Å²) in [5.41, 5.74) is 0.327. The quantitative estimate of drug-likeness (QED) is 0.800. The van der Waals surface area contributed by atoms with Crippen LogP contribution in [0, 0.1) is 23.7 Å². The molecule has 0 spiro atoms. The fraction of sp³-hybridized carbons (Fsp3) is 1.00. The highest BCUT2D eigenvalue weighted by molar-refractivity contribution is 7.90. The topological polar surface area (TPSA) is 72.2 Å². The minimum atomic E-state index is -3.46. The zero-order valence-electron chi connectivity index (χ0n) is 16.0. The summed E-state index contributed by atoms with van der Waals surface area (Å²) in [4.78, 5) is 0. The molecule has 0 aliphatic heterocycles. The second-order valence-corrected chi connectivity index (χ2v) is 12.3. The minimum Gasteiger partial charge on any atom is -0.308 e. The summed E-state index contributed by atoms with van der Waals surface area (Å²) in [5, 5.41) is 9.84. The first-order chi connectivity index (χ1) is 11.7. The lowest BCUT2D eigenvalue weighted by Gasteiger charge is -2.55. The van der Waals surface area contributed by atoms with Crippen LogP contribution in [-0.4, -0.2) is 24.7 Å². The molecule has 4 rings (SSSR count). The van der Waals surface area contributed by atoms with Crippen molar-refractivity contribution in [1.29, 1.82) is 0 Å². The van der Waals surface area contributed by atoms with E-state index in [1.165, 1.54) is 38.5 Å². The number of nitrogens with two attached hydrogens (primary N) is 1. The molecule has 4 aliphatic rings. The normalized spacial score (nSPS) is 50.4. The molecule has 144 valence electrons. The smallest absolute Gasteiger partial charge is 0.214 e. The van der Waals surface area contributed by atoms with E-state index >= 15 is 0 Å². The maximum atomic E-state index is 12.3. The van der Waals surface area contributed by atoms with Gasteiger partial charge in [-0.2, -0.15) is 0 Å². The summed E-state index contributed by atoms with van der Waals surface area (Å²) in [6, 6.07) is 0.488. The Kier molecular flexibility index (Phi) is 4.53. The van der Waals surface area contributed by atoms with Crippen LogP contribution in [-0.2, 0) is 10.0 Å². The van der Waals surface area contributed by atoms with E-state index in [-0.39, 0.29) is 0 Å². The van der Waals surface area contributed by atoms with E-state index in [4.69, 9.17) is 5.14 Å². The molecule has 0 saturated heterocycles. The second kappa shape index (κ2) is 6.20. The van der Waals surface area contributed by atoms with Crippen molar-refractivity contribution in [2.45, 2.75) is 101 Å². The first-order valence-corrected chi connectivity index (χ1v) is 12.0. The molecule has 3 N–H and O–H groups in total. The fourth-order valence-corrected chi connectivity index (χ4v) is 8.75. The van der Waals surface area contributed by atoms with E-state index in [0.717, 1.165) is 43.9 Å². The van der Waals surface area contributed by atoms with E-state index in [9.17, 15) is 8.42 Å². The van der Waals surface area contributed by atoms with Gasteiger partial charge in [-0.25, -0.2) is 13.6 Å². The first kappa shape index (κ1) is 18.2. The zero-order valence-corrected chi connectivity index (χ0v) is 16.8. The molecule has 7 atom stereocenters. The Hall–Kier alpha value is -0.130. The van der Waals surface area contributed by atoms with Gasteiger partial charge in [-0.05, 0) is 81.5 Å². The van der Waals surface area contributed by atoms with Gasteiger partial charge in [-0.3, -0.25) is 0 Å². The Morgan fingerprint density at radius 2 is 1.72 bits per heavy atom. The summed E-state index contributed by atoms with van der Waals surface area (Å²) in [6.45, 7) is 4.63. The van der Waals surface area contributed by atoms with E-state index in [2.05, 4.69) is 19.2 Å². The molecule has 4 fully saturated rings. The van der Waals surface area contributed by atoms with E-state index in [0.29, 0.717) is 23.4 Å². The predicted molar refractivity (Wildman–Crippen MR) is 102 cm³/mol. The third-order valence-electron chi connectivity index (χ3n) is 8.06. The summed E-state index contributed by atoms with van der Waals surface area (Å²) in [5.74, 6) is 2.66. The van der Waals surface area contributed by atoms with Gasteiger partial charge in [-0.1, -0.05) is 26.7 Å². The maximum absolute atomic E-state index is 12.3. The van der Waals surface area contributed by atoms with Gasteiger partial charge in [0.1, 0.15) is 0 Å². The van der Waals surface area contributed by atoms with E-state index in [1.807, 2.05) is 0 Å². The lowest BCUT2D eigenvalue weighted by Crippen LogP contribution is -2.62. The van der Waals surface area contributed by atoms with Crippen LogP contribution in [0.25, 0.3) is 0 Å². The van der Waals surface area contributed by atoms with Crippen molar-refractivity contribution < 1.29 is 8.42 Å². The molecule has 0 amide bonds. The SMILES string of the molecule is CC1CC2CCCC(NC3CCC4(S(N)(=O)=O)CC(C)CC3C4)(C1)C2. The van der Waals surface area contributed by atoms with Gasteiger partial charge in [0.25, 0.3) is 0 Å². The molecule has 0 aromatic carbocycles. The van der Waals surface area contributed by atoms with Crippen molar-refractivity contribution in [3.05, 3.63) is 0 Å². The van der Waals surface area contributed by atoms with Gasteiger partial charge in [0.15, 0.2) is 0 Å². The third kappa shape index (κ3) is 3.29. The average Bonchev–Trinajstić information content (AvgIpc) is 2.48. The van der Waals surface area contributed by atoms with Crippen molar-refractivity contribution in [1.82, 2.24) is 5.32 Å². The Labute approximate surface area is 153 Å². The number of sulfonamides is 1. The third-order valence-corrected chi connectivity index (χ3v) is 9.80.